The van der Waals surface area contributed by atoms with Crippen molar-refractivity contribution in [2.75, 3.05) is 29.1 Å². The highest BCUT2D eigenvalue weighted by Crippen LogP contribution is 2.17. The van der Waals surface area contributed by atoms with E-state index in [1.807, 2.05) is 36.4 Å². The molecule has 2 N–H and O–H groups in total. The third-order valence-corrected chi connectivity index (χ3v) is 4.39. The molecule has 3 aromatic carbocycles. The fraction of sp³-hybridized carbons (Fsp3) is 0.0909. The third-order valence-electron chi connectivity index (χ3n) is 4.14. The van der Waals surface area contributed by atoms with Crippen LogP contribution in [0.3, 0.4) is 0 Å². The van der Waals surface area contributed by atoms with Crippen molar-refractivity contribution in [3.05, 3.63) is 89.4 Å². The molecule has 0 unspecified atom stereocenters. The van der Waals surface area contributed by atoms with Crippen LogP contribution in [0.2, 0.25) is 5.02 Å². The van der Waals surface area contributed by atoms with Gasteiger partial charge < -0.3 is 15.5 Å². The Kier molecular flexibility index (Phi) is 6.29. The number of nitrogens with zero attached hydrogens (tertiary/aromatic N) is 1. The van der Waals surface area contributed by atoms with Crippen LogP contribution in [0.15, 0.2) is 78.9 Å². The molecule has 0 heterocycles. The number of amides is 2. The smallest absolute Gasteiger partial charge is 0.258 e. The van der Waals surface area contributed by atoms with Gasteiger partial charge in [-0.05, 0) is 54.6 Å². The van der Waals surface area contributed by atoms with E-state index in [0.29, 0.717) is 22.0 Å². The van der Waals surface area contributed by atoms with Crippen LogP contribution in [0.4, 0.5) is 17.1 Å². The van der Waals surface area contributed by atoms with E-state index >= 15 is 0 Å². The van der Waals surface area contributed by atoms with Gasteiger partial charge in [0.25, 0.3) is 5.91 Å². The van der Waals surface area contributed by atoms with E-state index < -0.39 is 0 Å². The molecule has 5 nitrogen and oxygen atoms in total. The molecule has 3 aromatic rings. The lowest BCUT2D eigenvalue weighted by Crippen LogP contribution is -2.26. The highest BCUT2D eigenvalue weighted by atomic mass is 35.5. The van der Waals surface area contributed by atoms with Crippen LogP contribution in [0, 0.1) is 0 Å². The Balaban J connectivity index is 1.60. The molecule has 0 spiro atoms. The van der Waals surface area contributed by atoms with Gasteiger partial charge >= 0.3 is 0 Å². The van der Waals surface area contributed by atoms with Crippen molar-refractivity contribution >= 4 is 40.5 Å². The van der Waals surface area contributed by atoms with Gasteiger partial charge in [-0.1, -0.05) is 35.9 Å². The number of carbonyl (C=O) groups excluding carboxylic acids is 2. The Bertz CT molecular complexity index is 959. The van der Waals surface area contributed by atoms with Crippen LogP contribution in [0.25, 0.3) is 0 Å². The maximum Gasteiger partial charge on any atom is 0.258 e. The normalized spacial score (nSPS) is 10.2. The summed E-state index contributed by atoms with van der Waals surface area (Å²) < 4.78 is 0. The van der Waals surface area contributed by atoms with Crippen molar-refractivity contribution in [1.82, 2.24) is 0 Å². The third kappa shape index (κ3) is 5.11. The zero-order valence-electron chi connectivity index (χ0n) is 15.4. The molecule has 0 aliphatic carbocycles. The number of carbonyl (C=O) groups is 2. The predicted octanol–water partition coefficient (Wildman–Crippen LogP) is 4.67. The SMILES string of the molecule is CN(C(=O)c1cccc(NCC(=O)Nc2ccc(Cl)cc2)c1)c1ccccc1. The van der Waals surface area contributed by atoms with Gasteiger partial charge in [0.05, 0.1) is 6.54 Å². The first-order valence-electron chi connectivity index (χ1n) is 8.75. The number of hydrogen-bond acceptors (Lipinski definition) is 3. The molecule has 0 radical (unpaired) electrons. The average molecular weight is 394 g/mol. The highest BCUT2D eigenvalue weighted by Gasteiger charge is 2.13. The number of benzene rings is 3. The average Bonchev–Trinajstić information content (AvgIpc) is 2.74. The van der Waals surface area contributed by atoms with Crippen LogP contribution >= 0.6 is 11.6 Å². The van der Waals surface area contributed by atoms with E-state index in [2.05, 4.69) is 10.6 Å². The summed E-state index contributed by atoms with van der Waals surface area (Å²) in [6.07, 6.45) is 0. The van der Waals surface area contributed by atoms with Crippen molar-refractivity contribution in [2.45, 2.75) is 0 Å². The van der Waals surface area contributed by atoms with Crippen molar-refractivity contribution in [2.24, 2.45) is 0 Å². The first-order chi connectivity index (χ1) is 13.5. The molecule has 0 bridgehead atoms. The molecule has 28 heavy (non-hydrogen) atoms. The lowest BCUT2D eigenvalue weighted by atomic mass is 10.1. The topological polar surface area (TPSA) is 61.4 Å². The van der Waals surface area contributed by atoms with E-state index in [4.69, 9.17) is 11.6 Å². The second kappa shape index (κ2) is 9.06. The molecule has 142 valence electrons. The minimum absolute atomic E-state index is 0.0782. The number of anilines is 3. The summed E-state index contributed by atoms with van der Waals surface area (Å²) in [7, 11) is 1.73. The molecular formula is C22H20ClN3O2. The first kappa shape index (κ1) is 19.5. The van der Waals surface area contributed by atoms with Gasteiger partial charge in [-0.2, -0.15) is 0 Å². The summed E-state index contributed by atoms with van der Waals surface area (Å²) in [5.74, 6) is -0.319. The van der Waals surface area contributed by atoms with Crippen molar-refractivity contribution in [3.63, 3.8) is 0 Å². The van der Waals surface area contributed by atoms with Crippen molar-refractivity contribution in [3.8, 4) is 0 Å². The Morgan fingerprint density at radius 3 is 2.32 bits per heavy atom. The van der Waals surface area contributed by atoms with Crippen molar-refractivity contribution in [1.29, 1.82) is 0 Å². The zero-order valence-corrected chi connectivity index (χ0v) is 16.1. The standard InChI is InChI=1S/C22H20ClN3O2/c1-26(20-8-3-2-4-9-20)22(28)16-6-5-7-19(14-16)24-15-21(27)25-18-12-10-17(23)11-13-18/h2-14,24H,15H2,1H3,(H,25,27). The Morgan fingerprint density at radius 2 is 1.61 bits per heavy atom. The summed E-state index contributed by atoms with van der Waals surface area (Å²) in [5.41, 5.74) is 2.71. The first-order valence-corrected chi connectivity index (χ1v) is 9.13. The zero-order chi connectivity index (χ0) is 19.9. The molecule has 6 heteroatoms. The molecule has 0 aliphatic rings. The lowest BCUT2D eigenvalue weighted by molar-refractivity contribution is -0.114. The van der Waals surface area contributed by atoms with Crippen LogP contribution < -0.4 is 15.5 Å². The molecule has 0 atom stereocenters. The van der Waals surface area contributed by atoms with Gasteiger partial charge in [0.2, 0.25) is 5.91 Å². The molecule has 0 aromatic heterocycles. The monoisotopic (exact) mass is 393 g/mol. The quantitative estimate of drug-likeness (QED) is 0.639. The minimum atomic E-state index is -0.194. The summed E-state index contributed by atoms with van der Waals surface area (Å²) in [5, 5.41) is 6.43. The number of hydrogen-bond donors (Lipinski definition) is 2. The highest BCUT2D eigenvalue weighted by molar-refractivity contribution is 6.30. The molecule has 0 aliphatic heterocycles. The van der Waals surface area contributed by atoms with Crippen LogP contribution in [0.5, 0.6) is 0 Å². The van der Waals surface area contributed by atoms with E-state index in [0.717, 1.165) is 5.69 Å². The van der Waals surface area contributed by atoms with E-state index in [-0.39, 0.29) is 18.4 Å². The number of halogens is 1. The number of rotatable bonds is 6. The molecular weight excluding hydrogens is 374 g/mol. The van der Waals surface area contributed by atoms with E-state index in [9.17, 15) is 9.59 Å². The molecule has 3 rings (SSSR count). The second-order valence-corrected chi connectivity index (χ2v) is 6.63. The second-order valence-electron chi connectivity index (χ2n) is 6.19. The van der Waals surface area contributed by atoms with Crippen molar-refractivity contribution < 1.29 is 9.59 Å². The molecule has 0 saturated carbocycles. The number of nitrogens with one attached hydrogen (secondary N) is 2. The Labute approximate surface area is 168 Å². The van der Waals surface area contributed by atoms with Gasteiger partial charge in [0.1, 0.15) is 0 Å². The fourth-order valence-electron chi connectivity index (χ4n) is 2.65. The lowest BCUT2D eigenvalue weighted by Gasteiger charge is -2.18. The van der Waals surface area contributed by atoms with Gasteiger partial charge in [0, 0.05) is 34.7 Å². The van der Waals surface area contributed by atoms with Crippen LogP contribution in [-0.2, 0) is 4.79 Å². The maximum absolute atomic E-state index is 12.7. The van der Waals surface area contributed by atoms with Gasteiger partial charge in [-0.3, -0.25) is 9.59 Å². The molecule has 2 amide bonds. The summed E-state index contributed by atoms with van der Waals surface area (Å²) in [6, 6.07) is 23.4. The fourth-order valence-corrected chi connectivity index (χ4v) is 2.77. The van der Waals surface area contributed by atoms with Gasteiger partial charge in [-0.25, -0.2) is 0 Å². The minimum Gasteiger partial charge on any atom is -0.376 e. The maximum atomic E-state index is 12.7. The summed E-state index contributed by atoms with van der Waals surface area (Å²) in [4.78, 5) is 26.4. The summed E-state index contributed by atoms with van der Waals surface area (Å²) in [6.45, 7) is 0.0782. The van der Waals surface area contributed by atoms with E-state index in [1.54, 1.807) is 54.4 Å². The van der Waals surface area contributed by atoms with Crippen LogP contribution in [0.1, 0.15) is 10.4 Å². The summed E-state index contributed by atoms with van der Waals surface area (Å²) >= 11 is 5.84. The number of para-hydroxylation sites is 1. The Hall–Kier alpha value is -3.31. The molecule has 0 saturated heterocycles. The molecule has 0 fully saturated rings. The van der Waals surface area contributed by atoms with E-state index in [1.165, 1.54) is 0 Å². The largest absolute Gasteiger partial charge is 0.376 e. The predicted molar refractivity (Wildman–Crippen MR) is 114 cm³/mol. The van der Waals surface area contributed by atoms with Gasteiger partial charge in [-0.15, -0.1) is 0 Å². The van der Waals surface area contributed by atoms with Crippen LogP contribution in [-0.4, -0.2) is 25.4 Å². The van der Waals surface area contributed by atoms with Gasteiger partial charge in [0.15, 0.2) is 0 Å². The Morgan fingerprint density at radius 1 is 0.893 bits per heavy atom.